The van der Waals surface area contributed by atoms with Crippen LogP contribution in [0.25, 0.3) is 0 Å². The molecule has 0 radical (unpaired) electrons. The van der Waals surface area contributed by atoms with Gasteiger partial charge in [0.15, 0.2) is 0 Å². The largest absolute Gasteiger partial charge is 0.295 e. The van der Waals surface area contributed by atoms with Gasteiger partial charge in [0.05, 0.1) is 6.54 Å². The van der Waals surface area contributed by atoms with Crippen LogP contribution in [0.4, 0.5) is 17.6 Å². The Morgan fingerprint density at radius 1 is 1.27 bits per heavy atom. The molecule has 0 spiro atoms. The van der Waals surface area contributed by atoms with E-state index in [1.807, 2.05) is 0 Å². The second kappa shape index (κ2) is 2.97. The predicted molar refractivity (Wildman–Crippen MR) is 31.8 cm³/mol. The maximum Gasteiger partial charge on any atom is 0.295 e. The van der Waals surface area contributed by atoms with E-state index in [1.54, 1.807) is 0 Å². The van der Waals surface area contributed by atoms with Gasteiger partial charge in [0.2, 0.25) is 0 Å². The van der Waals surface area contributed by atoms with Crippen LogP contribution in [-0.2, 0) is 0 Å². The van der Waals surface area contributed by atoms with Crippen LogP contribution in [0.15, 0.2) is 0 Å². The molecule has 0 N–H and O–H groups in total. The van der Waals surface area contributed by atoms with Crippen LogP contribution in [0.3, 0.4) is 0 Å². The number of piperidine rings is 1. The van der Waals surface area contributed by atoms with Gasteiger partial charge in [-0.3, -0.25) is 0 Å². The fourth-order valence-corrected chi connectivity index (χ4v) is 1.16. The van der Waals surface area contributed by atoms with E-state index in [0.29, 0.717) is 4.90 Å². The number of rotatable bonds is 1. The van der Waals surface area contributed by atoms with Crippen LogP contribution in [-0.4, -0.2) is 30.5 Å². The monoisotopic (exact) mass is 171 g/mol. The summed E-state index contributed by atoms with van der Waals surface area (Å²) in [5.41, 5.74) is 0. The maximum atomic E-state index is 12.4. The zero-order valence-electron chi connectivity index (χ0n) is 5.86. The molecule has 1 fully saturated rings. The van der Waals surface area contributed by atoms with Crippen LogP contribution in [0.5, 0.6) is 0 Å². The second-order valence-corrected chi connectivity index (χ2v) is 2.71. The molecule has 1 rings (SSSR count). The second-order valence-electron chi connectivity index (χ2n) is 2.71. The number of hydrogen-bond acceptors (Lipinski definition) is 1. The van der Waals surface area contributed by atoms with Crippen molar-refractivity contribution in [2.45, 2.75) is 25.3 Å². The van der Waals surface area contributed by atoms with E-state index in [2.05, 4.69) is 0 Å². The van der Waals surface area contributed by atoms with E-state index >= 15 is 0 Å². The Hall–Kier alpha value is -0.320. The normalized spacial score (nSPS) is 25.9. The van der Waals surface area contributed by atoms with E-state index in [1.165, 1.54) is 0 Å². The molecular formula is C6H9F4N. The van der Waals surface area contributed by atoms with Gasteiger partial charge in [0.25, 0.3) is 12.5 Å². The summed E-state index contributed by atoms with van der Waals surface area (Å²) in [5.74, 6) is -2.92. The van der Waals surface area contributed by atoms with Crippen LogP contribution >= 0.6 is 0 Å². The molecule has 0 bridgehead atoms. The summed E-state index contributed by atoms with van der Waals surface area (Å²) in [6.07, 6.45) is -0.118. The molecule has 1 saturated heterocycles. The Balaban J connectivity index is 2.46. The summed E-state index contributed by atoms with van der Waals surface area (Å²) in [5, 5.41) is 0. The summed E-state index contributed by atoms with van der Waals surface area (Å²) >= 11 is 0. The molecule has 0 saturated carbocycles. The average molecular weight is 171 g/mol. The lowest BCUT2D eigenvalue weighted by molar-refractivity contribution is -0.126. The summed E-state index contributed by atoms with van der Waals surface area (Å²) in [6.45, 7) is -3.47. The van der Waals surface area contributed by atoms with E-state index in [-0.39, 0.29) is 19.4 Å². The Morgan fingerprint density at radius 2 is 1.91 bits per heavy atom. The molecule has 5 heteroatoms. The van der Waals surface area contributed by atoms with Crippen molar-refractivity contribution in [2.24, 2.45) is 0 Å². The number of alkyl halides is 4. The van der Waals surface area contributed by atoms with Crippen LogP contribution < -0.4 is 0 Å². The van der Waals surface area contributed by atoms with Gasteiger partial charge in [-0.05, 0) is 6.42 Å². The lowest BCUT2D eigenvalue weighted by Crippen LogP contribution is -2.44. The minimum absolute atomic E-state index is 0.0766. The van der Waals surface area contributed by atoms with E-state index in [0.717, 1.165) is 0 Å². The summed E-state index contributed by atoms with van der Waals surface area (Å²) in [4.78, 5) is 0.503. The third kappa shape index (κ3) is 2.32. The first-order valence-electron chi connectivity index (χ1n) is 3.41. The number of halogens is 4. The van der Waals surface area contributed by atoms with Gasteiger partial charge in [0.1, 0.15) is 0 Å². The third-order valence-electron chi connectivity index (χ3n) is 1.70. The quantitative estimate of drug-likeness (QED) is 0.430. The molecule has 1 heterocycles. The molecule has 0 amide bonds. The van der Waals surface area contributed by atoms with Crippen molar-refractivity contribution in [1.29, 1.82) is 0 Å². The molecule has 66 valence electrons. The van der Waals surface area contributed by atoms with Gasteiger partial charge in [-0.2, -0.15) is 8.78 Å². The highest BCUT2D eigenvalue weighted by atomic mass is 19.3. The van der Waals surface area contributed by atoms with Crippen LogP contribution in [0, 0.1) is 0 Å². The minimum Gasteiger partial charge on any atom is -0.241 e. The molecule has 0 aliphatic carbocycles. The molecule has 0 unspecified atom stereocenters. The lowest BCUT2D eigenvalue weighted by Gasteiger charge is -2.31. The minimum atomic E-state index is -2.92. The topological polar surface area (TPSA) is 3.24 Å². The predicted octanol–water partition coefficient (Wildman–Crippen LogP) is 1.94. The molecule has 11 heavy (non-hydrogen) atoms. The Bertz CT molecular complexity index is 137. The highest BCUT2D eigenvalue weighted by Crippen LogP contribution is 2.27. The van der Waals surface area contributed by atoms with Crippen molar-refractivity contribution in [3.8, 4) is 0 Å². The van der Waals surface area contributed by atoms with Crippen molar-refractivity contribution in [2.75, 3.05) is 13.1 Å². The molecule has 1 nitrogen and oxygen atoms in total. The van der Waals surface area contributed by atoms with Gasteiger partial charge in [-0.25, -0.2) is 13.7 Å². The van der Waals surface area contributed by atoms with Gasteiger partial charge < -0.3 is 0 Å². The first-order valence-corrected chi connectivity index (χ1v) is 3.41. The highest BCUT2D eigenvalue weighted by Gasteiger charge is 2.37. The molecule has 0 aromatic heterocycles. The smallest absolute Gasteiger partial charge is 0.241 e. The fraction of sp³-hybridized carbons (Fsp3) is 1.00. The SMILES string of the molecule is FC(F)N1CCCC(F)(F)C1. The van der Waals surface area contributed by atoms with E-state index in [4.69, 9.17) is 0 Å². The third-order valence-corrected chi connectivity index (χ3v) is 1.70. The van der Waals surface area contributed by atoms with E-state index < -0.39 is 19.0 Å². The molecule has 1 aliphatic rings. The average Bonchev–Trinajstić information content (AvgIpc) is 1.85. The molecule has 0 atom stereocenters. The number of likely N-dealkylation sites (tertiary alicyclic amines) is 1. The summed E-state index contributed by atoms with van der Waals surface area (Å²) < 4.78 is 48.6. The van der Waals surface area contributed by atoms with Crippen molar-refractivity contribution < 1.29 is 17.6 Å². The van der Waals surface area contributed by atoms with Crippen molar-refractivity contribution in [3.63, 3.8) is 0 Å². The standard InChI is InChI=1S/C6H9F4N/c7-5(8)11-3-1-2-6(9,10)4-11/h5H,1-4H2. The Labute approximate surface area is 62.0 Å². The number of hydrogen-bond donors (Lipinski definition) is 0. The number of nitrogens with zero attached hydrogens (tertiary/aromatic N) is 1. The Kier molecular flexibility index (Phi) is 2.37. The van der Waals surface area contributed by atoms with Gasteiger partial charge in [-0.1, -0.05) is 0 Å². The maximum absolute atomic E-state index is 12.4. The summed E-state index contributed by atoms with van der Waals surface area (Å²) in [7, 11) is 0. The highest BCUT2D eigenvalue weighted by molar-refractivity contribution is 4.77. The van der Waals surface area contributed by atoms with Crippen molar-refractivity contribution in [1.82, 2.24) is 4.90 Å². The van der Waals surface area contributed by atoms with Crippen LogP contribution in [0.1, 0.15) is 12.8 Å². The zero-order valence-corrected chi connectivity index (χ0v) is 5.86. The first kappa shape index (κ1) is 8.77. The Morgan fingerprint density at radius 3 is 2.27 bits per heavy atom. The van der Waals surface area contributed by atoms with Gasteiger partial charge in [0, 0.05) is 13.0 Å². The van der Waals surface area contributed by atoms with Gasteiger partial charge >= 0.3 is 0 Å². The molecule has 0 aromatic rings. The lowest BCUT2D eigenvalue weighted by atomic mass is 10.1. The van der Waals surface area contributed by atoms with Crippen molar-refractivity contribution in [3.05, 3.63) is 0 Å². The van der Waals surface area contributed by atoms with Crippen molar-refractivity contribution >= 4 is 0 Å². The molecule has 0 aromatic carbocycles. The van der Waals surface area contributed by atoms with Crippen LogP contribution in [0.2, 0.25) is 0 Å². The molecule has 1 aliphatic heterocycles. The first-order chi connectivity index (χ1) is 5.01. The molecular weight excluding hydrogens is 162 g/mol. The fourth-order valence-electron chi connectivity index (χ4n) is 1.16. The zero-order chi connectivity index (χ0) is 8.48. The summed E-state index contributed by atoms with van der Waals surface area (Å²) in [6, 6.07) is 0. The van der Waals surface area contributed by atoms with Gasteiger partial charge in [-0.15, -0.1) is 0 Å². The van der Waals surface area contributed by atoms with E-state index in [9.17, 15) is 17.6 Å².